The molecule has 7 nitrogen and oxygen atoms in total. The van der Waals surface area contributed by atoms with Gasteiger partial charge in [-0.3, -0.25) is 4.72 Å². The fraction of sp³-hybridized carbons (Fsp3) is 0.176. The van der Waals surface area contributed by atoms with Gasteiger partial charge >= 0.3 is 0 Å². The number of nitrogens with one attached hydrogen (secondary N) is 1. The largest absolute Gasteiger partial charge is 0.481 e. The first-order chi connectivity index (χ1) is 11.9. The maximum absolute atomic E-state index is 12.6. The Labute approximate surface area is 145 Å². The van der Waals surface area contributed by atoms with Crippen LogP contribution in [0.1, 0.15) is 11.3 Å². The fourth-order valence-electron chi connectivity index (χ4n) is 2.25. The number of rotatable bonds is 5. The van der Waals surface area contributed by atoms with Crippen LogP contribution in [0.15, 0.2) is 52.2 Å². The van der Waals surface area contributed by atoms with E-state index in [0.29, 0.717) is 11.4 Å². The lowest BCUT2D eigenvalue weighted by Gasteiger charge is -2.11. The zero-order valence-corrected chi connectivity index (χ0v) is 14.8. The average molecular weight is 359 g/mol. The minimum absolute atomic E-state index is 0.169. The van der Waals surface area contributed by atoms with E-state index in [-0.39, 0.29) is 10.9 Å². The Hall–Kier alpha value is -2.87. The van der Waals surface area contributed by atoms with Crippen LogP contribution in [0.2, 0.25) is 0 Å². The van der Waals surface area contributed by atoms with E-state index in [2.05, 4.69) is 14.7 Å². The monoisotopic (exact) mass is 359 g/mol. The summed E-state index contributed by atoms with van der Waals surface area (Å²) >= 11 is 0. The molecule has 2 aromatic heterocycles. The van der Waals surface area contributed by atoms with Crippen LogP contribution in [0.25, 0.3) is 11.3 Å². The van der Waals surface area contributed by atoms with Gasteiger partial charge in [-0.15, -0.1) is 0 Å². The molecule has 8 heteroatoms. The van der Waals surface area contributed by atoms with Gasteiger partial charge in [0.1, 0.15) is 17.8 Å². The quantitative estimate of drug-likeness (QED) is 0.703. The van der Waals surface area contributed by atoms with Gasteiger partial charge in [0.25, 0.3) is 10.0 Å². The summed E-state index contributed by atoms with van der Waals surface area (Å²) in [6.45, 7) is 3.67. The van der Waals surface area contributed by atoms with Gasteiger partial charge in [0.2, 0.25) is 5.88 Å². The Morgan fingerprint density at radius 1 is 1.08 bits per heavy atom. The maximum atomic E-state index is 12.6. The third kappa shape index (κ3) is 3.63. The van der Waals surface area contributed by atoms with Crippen molar-refractivity contribution in [3.8, 4) is 17.2 Å². The van der Waals surface area contributed by atoms with E-state index < -0.39 is 10.0 Å². The van der Waals surface area contributed by atoms with Crippen molar-refractivity contribution in [3.05, 3.63) is 54.0 Å². The Balaban J connectivity index is 1.96. The van der Waals surface area contributed by atoms with Crippen molar-refractivity contribution in [2.75, 3.05) is 11.8 Å². The molecule has 0 saturated carbocycles. The van der Waals surface area contributed by atoms with Crippen LogP contribution in [0.4, 0.5) is 5.69 Å². The minimum atomic E-state index is -3.87. The summed E-state index contributed by atoms with van der Waals surface area (Å²) in [7, 11) is -2.47. The number of furan rings is 1. The van der Waals surface area contributed by atoms with E-state index in [1.807, 2.05) is 38.1 Å². The number of ether oxygens (including phenoxy) is 1. The molecule has 0 spiro atoms. The summed E-state index contributed by atoms with van der Waals surface area (Å²) in [5.41, 5.74) is 2.00. The predicted octanol–water partition coefficient (Wildman–Crippen LogP) is 3.16. The third-order valence-electron chi connectivity index (χ3n) is 3.61. The van der Waals surface area contributed by atoms with Crippen molar-refractivity contribution in [2.45, 2.75) is 18.9 Å². The number of anilines is 1. The topological polar surface area (TPSA) is 94.3 Å². The summed E-state index contributed by atoms with van der Waals surface area (Å²) in [5.74, 6) is 1.62. The minimum Gasteiger partial charge on any atom is -0.481 e. The highest BCUT2D eigenvalue weighted by molar-refractivity contribution is 7.92. The van der Waals surface area contributed by atoms with Crippen molar-refractivity contribution in [1.82, 2.24) is 9.97 Å². The molecule has 0 aliphatic heterocycles. The summed E-state index contributed by atoms with van der Waals surface area (Å²) < 4.78 is 38.3. The van der Waals surface area contributed by atoms with Crippen molar-refractivity contribution in [3.63, 3.8) is 0 Å². The molecule has 0 atom stereocenters. The highest BCUT2D eigenvalue weighted by Crippen LogP contribution is 2.28. The van der Waals surface area contributed by atoms with Crippen LogP contribution < -0.4 is 9.46 Å². The molecule has 0 aliphatic carbocycles. The smallest absolute Gasteiger partial charge is 0.279 e. The van der Waals surface area contributed by atoms with Crippen molar-refractivity contribution in [1.29, 1.82) is 0 Å². The second-order valence-corrected chi connectivity index (χ2v) is 7.07. The summed E-state index contributed by atoms with van der Waals surface area (Å²) in [4.78, 5) is 7.62. The number of sulfonamides is 1. The first kappa shape index (κ1) is 17.0. The Morgan fingerprint density at radius 2 is 1.88 bits per heavy atom. The molecule has 3 rings (SSSR count). The van der Waals surface area contributed by atoms with Crippen molar-refractivity contribution in [2.24, 2.45) is 0 Å². The van der Waals surface area contributed by atoms with Gasteiger partial charge in [0.15, 0.2) is 5.03 Å². The molecule has 0 aliphatic rings. The molecule has 2 heterocycles. The number of aromatic nitrogens is 2. The van der Waals surface area contributed by atoms with Gasteiger partial charge in [-0.25, -0.2) is 9.97 Å². The molecule has 0 saturated heterocycles. The number of methoxy groups -OCH3 is 1. The zero-order chi connectivity index (χ0) is 18.0. The Kier molecular flexibility index (Phi) is 4.45. The van der Waals surface area contributed by atoms with Gasteiger partial charge < -0.3 is 9.15 Å². The zero-order valence-electron chi connectivity index (χ0n) is 14.0. The number of benzene rings is 1. The van der Waals surface area contributed by atoms with Gasteiger partial charge in [0, 0.05) is 11.6 Å². The van der Waals surface area contributed by atoms with Crippen LogP contribution in [-0.2, 0) is 10.0 Å². The average Bonchev–Trinajstić information content (AvgIpc) is 3.03. The number of hydrogen-bond acceptors (Lipinski definition) is 6. The van der Waals surface area contributed by atoms with E-state index >= 15 is 0 Å². The first-order valence-corrected chi connectivity index (χ1v) is 8.94. The van der Waals surface area contributed by atoms with Crippen LogP contribution in [0.5, 0.6) is 5.88 Å². The van der Waals surface area contributed by atoms with Crippen LogP contribution in [-0.4, -0.2) is 25.5 Å². The summed E-state index contributed by atoms with van der Waals surface area (Å²) in [6.07, 6.45) is 1.14. The Morgan fingerprint density at radius 3 is 2.56 bits per heavy atom. The second-order valence-electron chi connectivity index (χ2n) is 5.44. The maximum Gasteiger partial charge on any atom is 0.279 e. The molecule has 1 N–H and O–H groups in total. The van der Waals surface area contributed by atoms with Gasteiger partial charge in [-0.2, -0.15) is 8.42 Å². The molecular formula is C17H17N3O4S. The lowest BCUT2D eigenvalue weighted by atomic mass is 10.1. The molecule has 1 aromatic carbocycles. The predicted molar refractivity (Wildman–Crippen MR) is 93.0 cm³/mol. The lowest BCUT2D eigenvalue weighted by molar-refractivity contribution is 0.394. The number of hydrogen-bond donors (Lipinski definition) is 1. The van der Waals surface area contributed by atoms with E-state index in [1.54, 1.807) is 6.07 Å². The van der Waals surface area contributed by atoms with Gasteiger partial charge in [0.05, 0.1) is 12.8 Å². The van der Waals surface area contributed by atoms with Crippen LogP contribution in [0, 0.1) is 13.8 Å². The summed E-state index contributed by atoms with van der Waals surface area (Å²) in [5, 5.41) is -0.169. The second kappa shape index (κ2) is 6.56. The molecule has 0 unspecified atom stereocenters. The molecule has 25 heavy (non-hydrogen) atoms. The van der Waals surface area contributed by atoms with E-state index in [4.69, 9.17) is 9.15 Å². The summed E-state index contributed by atoms with van der Waals surface area (Å²) in [6, 6.07) is 10.4. The van der Waals surface area contributed by atoms with E-state index in [0.717, 1.165) is 23.2 Å². The first-order valence-electron chi connectivity index (χ1n) is 7.45. The van der Waals surface area contributed by atoms with Gasteiger partial charge in [-0.05, 0) is 37.6 Å². The van der Waals surface area contributed by atoms with E-state index in [9.17, 15) is 8.42 Å². The SMILES string of the molecule is COc1cc(S(=O)(=O)Nc2cc(-c3ccc(C)o3)ccc2C)ncn1. The standard InChI is InChI=1S/C17H17N3O4S/c1-11-4-6-13(15-7-5-12(2)24-15)8-14(11)20-25(21,22)17-9-16(23-3)18-10-19-17/h4-10,20H,1-3H3. The van der Waals surface area contributed by atoms with Crippen LogP contribution in [0.3, 0.4) is 0 Å². The molecule has 0 fully saturated rings. The Bertz CT molecular complexity index is 1010. The fourth-order valence-corrected chi connectivity index (χ4v) is 3.31. The number of nitrogens with zero attached hydrogens (tertiary/aromatic N) is 2. The molecule has 0 radical (unpaired) electrons. The molecule has 0 amide bonds. The van der Waals surface area contributed by atoms with Crippen LogP contribution >= 0.6 is 0 Å². The highest BCUT2D eigenvalue weighted by atomic mass is 32.2. The third-order valence-corrected chi connectivity index (χ3v) is 4.87. The van der Waals surface area contributed by atoms with E-state index in [1.165, 1.54) is 13.2 Å². The molecular weight excluding hydrogens is 342 g/mol. The van der Waals surface area contributed by atoms with Crippen molar-refractivity contribution < 1.29 is 17.6 Å². The lowest BCUT2D eigenvalue weighted by Crippen LogP contribution is -2.15. The molecule has 0 bridgehead atoms. The normalized spacial score (nSPS) is 11.3. The van der Waals surface area contributed by atoms with Gasteiger partial charge in [-0.1, -0.05) is 12.1 Å². The molecule has 3 aromatic rings. The highest BCUT2D eigenvalue weighted by Gasteiger charge is 2.19. The molecule has 130 valence electrons. The van der Waals surface area contributed by atoms with Crippen molar-refractivity contribution >= 4 is 15.7 Å². The number of aryl methyl sites for hydroxylation is 2.